The second kappa shape index (κ2) is 6.69. The standard InChI is InChI=1S/C13H22N4O3/c1-9(2)6-14-13(18)17-7-10(8-17)12-15-11(16-20-12)4-5-19-3/h9-10H,4-8H2,1-3H3,(H,14,18). The molecule has 7 heteroatoms. The molecule has 2 amide bonds. The maximum absolute atomic E-state index is 11.8. The fraction of sp³-hybridized carbons (Fsp3) is 0.769. The van der Waals surface area contributed by atoms with Crippen LogP contribution in [0.15, 0.2) is 4.52 Å². The average molecular weight is 282 g/mol. The fourth-order valence-corrected chi connectivity index (χ4v) is 1.93. The first-order chi connectivity index (χ1) is 9.60. The molecule has 20 heavy (non-hydrogen) atoms. The van der Waals surface area contributed by atoms with Crippen LogP contribution in [0.4, 0.5) is 4.79 Å². The van der Waals surface area contributed by atoms with E-state index in [1.54, 1.807) is 12.0 Å². The fourth-order valence-electron chi connectivity index (χ4n) is 1.93. The van der Waals surface area contributed by atoms with E-state index in [-0.39, 0.29) is 11.9 Å². The Labute approximate surface area is 118 Å². The number of nitrogens with one attached hydrogen (secondary N) is 1. The maximum Gasteiger partial charge on any atom is 0.317 e. The Morgan fingerprint density at radius 2 is 2.30 bits per heavy atom. The van der Waals surface area contributed by atoms with Crippen LogP contribution in [0.1, 0.15) is 31.5 Å². The number of carbonyl (C=O) groups excluding carboxylic acids is 1. The van der Waals surface area contributed by atoms with Gasteiger partial charge in [-0.2, -0.15) is 4.98 Å². The first-order valence-electron chi connectivity index (χ1n) is 6.94. The molecule has 2 heterocycles. The first-order valence-corrected chi connectivity index (χ1v) is 6.94. The lowest BCUT2D eigenvalue weighted by molar-refractivity contribution is 0.136. The molecule has 1 aromatic rings. The summed E-state index contributed by atoms with van der Waals surface area (Å²) >= 11 is 0. The van der Waals surface area contributed by atoms with Gasteiger partial charge < -0.3 is 19.5 Å². The van der Waals surface area contributed by atoms with Crippen molar-refractivity contribution in [2.75, 3.05) is 33.4 Å². The lowest BCUT2D eigenvalue weighted by Gasteiger charge is -2.37. The van der Waals surface area contributed by atoms with Crippen LogP contribution in [0.3, 0.4) is 0 Å². The molecule has 1 aliphatic heterocycles. The molecule has 0 unspecified atom stereocenters. The van der Waals surface area contributed by atoms with Gasteiger partial charge in [-0.05, 0) is 5.92 Å². The van der Waals surface area contributed by atoms with Gasteiger partial charge in [0.25, 0.3) is 0 Å². The van der Waals surface area contributed by atoms with Gasteiger partial charge in [0.15, 0.2) is 5.82 Å². The molecule has 0 saturated carbocycles. The number of methoxy groups -OCH3 is 1. The molecule has 2 rings (SSSR count). The van der Waals surface area contributed by atoms with E-state index in [4.69, 9.17) is 9.26 Å². The average Bonchev–Trinajstić information content (AvgIpc) is 2.80. The van der Waals surface area contributed by atoms with E-state index in [1.165, 1.54) is 0 Å². The lowest BCUT2D eigenvalue weighted by atomic mass is 10.0. The second-order valence-corrected chi connectivity index (χ2v) is 5.47. The summed E-state index contributed by atoms with van der Waals surface area (Å²) in [7, 11) is 1.64. The highest BCUT2D eigenvalue weighted by molar-refractivity contribution is 5.75. The Morgan fingerprint density at radius 1 is 1.55 bits per heavy atom. The van der Waals surface area contributed by atoms with Crippen molar-refractivity contribution in [1.29, 1.82) is 0 Å². The van der Waals surface area contributed by atoms with Crippen molar-refractivity contribution in [1.82, 2.24) is 20.4 Å². The summed E-state index contributed by atoms with van der Waals surface area (Å²) in [6, 6.07) is -0.0194. The van der Waals surface area contributed by atoms with Crippen molar-refractivity contribution in [2.24, 2.45) is 5.92 Å². The van der Waals surface area contributed by atoms with E-state index in [2.05, 4.69) is 29.3 Å². The number of likely N-dealkylation sites (tertiary alicyclic amines) is 1. The van der Waals surface area contributed by atoms with Crippen molar-refractivity contribution in [3.05, 3.63) is 11.7 Å². The van der Waals surface area contributed by atoms with Crippen LogP contribution in [-0.4, -0.2) is 54.4 Å². The Morgan fingerprint density at radius 3 is 2.95 bits per heavy atom. The molecule has 1 N–H and O–H groups in total. The first kappa shape index (κ1) is 14.8. The lowest BCUT2D eigenvalue weighted by Crippen LogP contribution is -2.53. The predicted molar refractivity (Wildman–Crippen MR) is 72.4 cm³/mol. The van der Waals surface area contributed by atoms with Crippen LogP contribution in [0.2, 0.25) is 0 Å². The van der Waals surface area contributed by atoms with Gasteiger partial charge in [0.1, 0.15) is 0 Å². The summed E-state index contributed by atoms with van der Waals surface area (Å²) in [5, 5.41) is 6.79. The molecule has 1 aliphatic rings. The molecule has 0 bridgehead atoms. The number of amides is 2. The van der Waals surface area contributed by atoms with Crippen molar-refractivity contribution >= 4 is 6.03 Å². The normalized spacial score (nSPS) is 15.5. The largest absolute Gasteiger partial charge is 0.384 e. The summed E-state index contributed by atoms with van der Waals surface area (Å²) in [6.07, 6.45) is 0.644. The smallest absolute Gasteiger partial charge is 0.317 e. The van der Waals surface area contributed by atoms with E-state index in [0.717, 1.165) is 0 Å². The maximum atomic E-state index is 11.8. The third-order valence-corrected chi connectivity index (χ3v) is 3.19. The Hall–Kier alpha value is -1.63. The molecular weight excluding hydrogens is 260 g/mol. The summed E-state index contributed by atoms with van der Waals surface area (Å²) in [4.78, 5) is 17.9. The zero-order valence-electron chi connectivity index (χ0n) is 12.3. The van der Waals surface area contributed by atoms with Crippen molar-refractivity contribution in [3.8, 4) is 0 Å². The van der Waals surface area contributed by atoms with Crippen molar-refractivity contribution in [3.63, 3.8) is 0 Å². The van der Waals surface area contributed by atoms with Crippen molar-refractivity contribution < 1.29 is 14.1 Å². The summed E-state index contributed by atoms with van der Waals surface area (Å²) in [5.74, 6) is 1.88. The highest BCUT2D eigenvalue weighted by Gasteiger charge is 2.35. The van der Waals surface area contributed by atoms with Gasteiger partial charge in [0.2, 0.25) is 5.89 Å². The van der Waals surface area contributed by atoms with E-state index in [9.17, 15) is 4.79 Å². The number of hydrogen-bond acceptors (Lipinski definition) is 5. The van der Waals surface area contributed by atoms with E-state index >= 15 is 0 Å². The molecule has 0 atom stereocenters. The van der Waals surface area contributed by atoms with Gasteiger partial charge in [-0.15, -0.1) is 0 Å². The third kappa shape index (κ3) is 3.69. The van der Waals surface area contributed by atoms with E-state index in [0.29, 0.717) is 50.3 Å². The Bertz CT molecular complexity index is 441. The van der Waals surface area contributed by atoms with E-state index < -0.39 is 0 Å². The molecule has 0 aliphatic carbocycles. The van der Waals surface area contributed by atoms with Gasteiger partial charge >= 0.3 is 6.03 Å². The van der Waals surface area contributed by atoms with Crippen LogP contribution in [0, 0.1) is 5.92 Å². The molecule has 7 nitrogen and oxygen atoms in total. The number of ether oxygens (including phenoxy) is 1. The van der Waals surface area contributed by atoms with Crippen LogP contribution >= 0.6 is 0 Å². The molecule has 1 aromatic heterocycles. The topological polar surface area (TPSA) is 80.5 Å². The van der Waals surface area contributed by atoms with Gasteiger partial charge in [0, 0.05) is 33.2 Å². The van der Waals surface area contributed by atoms with Gasteiger partial charge in [0.05, 0.1) is 12.5 Å². The Balaban J connectivity index is 1.75. The third-order valence-electron chi connectivity index (χ3n) is 3.19. The van der Waals surface area contributed by atoms with Crippen molar-refractivity contribution in [2.45, 2.75) is 26.2 Å². The summed E-state index contributed by atoms with van der Waals surface area (Å²) in [5.41, 5.74) is 0. The minimum Gasteiger partial charge on any atom is -0.384 e. The van der Waals surface area contributed by atoms with Gasteiger partial charge in [-0.1, -0.05) is 19.0 Å². The second-order valence-electron chi connectivity index (χ2n) is 5.47. The number of hydrogen-bond donors (Lipinski definition) is 1. The van der Waals surface area contributed by atoms with Crippen LogP contribution in [0.25, 0.3) is 0 Å². The molecule has 0 radical (unpaired) electrons. The Kier molecular flexibility index (Phi) is 4.94. The quantitative estimate of drug-likeness (QED) is 0.842. The minimum atomic E-state index is -0.0194. The van der Waals surface area contributed by atoms with Crippen LogP contribution < -0.4 is 5.32 Å². The summed E-state index contributed by atoms with van der Waals surface area (Å²) in [6.45, 7) is 6.68. The van der Waals surface area contributed by atoms with Gasteiger partial charge in [-0.3, -0.25) is 0 Å². The molecule has 1 saturated heterocycles. The molecule has 0 aromatic carbocycles. The summed E-state index contributed by atoms with van der Waals surface area (Å²) < 4.78 is 10.2. The monoisotopic (exact) mass is 282 g/mol. The number of urea groups is 1. The SMILES string of the molecule is COCCc1noc(C2CN(C(=O)NCC(C)C)C2)n1. The molecule has 112 valence electrons. The minimum absolute atomic E-state index is 0.0194. The number of nitrogens with zero attached hydrogens (tertiary/aromatic N) is 3. The number of rotatable bonds is 6. The number of carbonyl (C=O) groups is 1. The highest BCUT2D eigenvalue weighted by Crippen LogP contribution is 2.25. The van der Waals surface area contributed by atoms with E-state index in [1.807, 2.05) is 0 Å². The van der Waals surface area contributed by atoms with Gasteiger partial charge in [-0.25, -0.2) is 4.79 Å². The van der Waals surface area contributed by atoms with Crippen LogP contribution in [-0.2, 0) is 11.2 Å². The zero-order valence-corrected chi connectivity index (χ0v) is 12.3. The molecule has 1 fully saturated rings. The molecular formula is C13H22N4O3. The molecule has 0 spiro atoms. The zero-order chi connectivity index (χ0) is 14.5. The predicted octanol–water partition coefficient (Wildman–Crippen LogP) is 1.02. The number of aromatic nitrogens is 2. The van der Waals surface area contributed by atoms with Crippen LogP contribution in [0.5, 0.6) is 0 Å². The highest BCUT2D eigenvalue weighted by atomic mass is 16.5.